The van der Waals surface area contributed by atoms with Crippen molar-refractivity contribution in [2.45, 2.75) is 33.2 Å². The lowest BCUT2D eigenvalue weighted by Gasteiger charge is -2.42. The van der Waals surface area contributed by atoms with Gasteiger partial charge in [-0.3, -0.25) is 24.6 Å². The standard InChI is InChI=1S/C23H26N4O4/c1-15-4-6-18(7-5-15)25-11-10-24(14-17(25)3)20-9-8-19(13-21(20)27(30)31)26-22(28)12-16(2)23(26)29/h4-9,13,16-17H,10-12,14H2,1-3H3. The number of anilines is 3. The van der Waals surface area contributed by atoms with Gasteiger partial charge in [-0.15, -0.1) is 0 Å². The van der Waals surface area contributed by atoms with Crippen LogP contribution in [0, 0.1) is 23.0 Å². The molecule has 0 N–H and O–H groups in total. The molecule has 0 radical (unpaired) electrons. The molecule has 2 atom stereocenters. The third kappa shape index (κ3) is 3.85. The van der Waals surface area contributed by atoms with Gasteiger partial charge in [0.15, 0.2) is 0 Å². The molecule has 2 saturated heterocycles. The van der Waals surface area contributed by atoms with E-state index >= 15 is 0 Å². The van der Waals surface area contributed by atoms with Gasteiger partial charge < -0.3 is 9.80 Å². The Labute approximate surface area is 181 Å². The number of nitrogens with zero attached hydrogens (tertiary/aromatic N) is 4. The first-order valence-corrected chi connectivity index (χ1v) is 10.5. The Kier molecular flexibility index (Phi) is 5.39. The van der Waals surface area contributed by atoms with Crippen LogP contribution in [-0.4, -0.2) is 42.4 Å². The molecule has 2 aliphatic heterocycles. The van der Waals surface area contributed by atoms with Gasteiger partial charge in [0.2, 0.25) is 11.8 Å². The minimum Gasteiger partial charge on any atom is -0.365 e. The van der Waals surface area contributed by atoms with Crippen molar-refractivity contribution >= 4 is 34.6 Å². The summed E-state index contributed by atoms with van der Waals surface area (Å²) in [6, 6.07) is 13.2. The predicted octanol–water partition coefficient (Wildman–Crippen LogP) is 3.52. The van der Waals surface area contributed by atoms with Gasteiger partial charge in [-0.2, -0.15) is 0 Å². The number of nitro benzene ring substituents is 1. The molecule has 4 rings (SSSR count). The SMILES string of the molecule is Cc1ccc(N2CCN(c3ccc(N4C(=O)CC(C)C4=O)cc3[N+](=O)[O-])CC2C)cc1. The van der Waals surface area contributed by atoms with Gasteiger partial charge in [0.05, 0.1) is 10.6 Å². The lowest BCUT2D eigenvalue weighted by molar-refractivity contribution is -0.384. The first-order valence-electron chi connectivity index (χ1n) is 10.5. The molecular weight excluding hydrogens is 396 g/mol. The summed E-state index contributed by atoms with van der Waals surface area (Å²) in [5, 5.41) is 11.8. The maximum absolute atomic E-state index is 12.3. The van der Waals surface area contributed by atoms with Crippen LogP contribution in [0.5, 0.6) is 0 Å². The molecule has 2 unspecified atom stereocenters. The molecule has 0 aliphatic carbocycles. The number of aryl methyl sites for hydroxylation is 1. The van der Waals surface area contributed by atoms with Crippen molar-refractivity contribution < 1.29 is 14.5 Å². The molecule has 8 heteroatoms. The lowest BCUT2D eigenvalue weighted by atomic mass is 10.1. The smallest absolute Gasteiger partial charge is 0.294 e. The minimum atomic E-state index is -0.440. The van der Waals surface area contributed by atoms with Crippen LogP contribution in [0.3, 0.4) is 0 Å². The highest BCUT2D eigenvalue weighted by atomic mass is 16.6. The highest BCUT2D eigenvalue weighted by Crippen LogP contribution is 2.36. The van der Waals surface area contributed by atoms with Gasteiger partial charge in [0.1, 0.15) is 5.69 Å². The summed E-state index contributed by atoms with van der Waals surface area (Å²) < 4.78 is 0. The molecule has 162 valence electrons. The van der Waals surface area contributed by atoms with E-state index in [-0.39, 0.29) is 35.7 Å². The van der Waals surface area contributed by atoms with Crippen molar-refractivity contribution in [3.63, 3.8) is 0 Å². The summed E-state index contributed by atoms with van der Waals surface area (Å²) in [7, 11) is 0. The zero-order chi connectivity index (χ0) is 22.3. The van der Waals surface area contributed by atoms with Crippen molar-refractivity contribution in [1.82, 2.24) is 0 Å². The van der Waals surface area contributed by atoms with Crippen LogP contribution in [0.2, 0.25) is 0 Å². The van der Waals surface area contributed by atoms with Crippen LogP contribution >= 0.6 is 0 Å². The van der Waals surface area contributed by atoms with E-state index in [1.807, 2.05) is 4.90 Å². The van der Waals surface area contributed by atoms with Crippen LogP contribution in [0.25, 0.3) is 0 Å². The third-order valence-electron chi connectivity index (χ3n) is 6.12. The number of imide groups is 1. The van der Waals surface area contributed by atoms with Crippen LogP contribution in [0.4, 0.5) is 22.7 Å². The van der Waals surface area contributed by atoms with Gasteiger partial charge in [0, 0.05) is 49.8 Å². The molecule has 0 saturated carbocycles. The number of amides is 2. The molecule has 2 amide bonds. The number of benzene rings is 2. The highest BCUT2D eigenvalue weighted by molar-refractivity contribution is 6.21. The maximum atomic E-state index is 12.3. The second-order valence-electron chi connectivity index (χ2n) is 8.43. The van der Waals surface area contributed by atoms with Gasteiger partial charge in [-0.25, -0.2) is 0 Å². The second kappa shape index (κ2) is 8.02. The Morgan fingerprint density at radius 1 is 1.00 bits per heavy atom. The molecule has 31 heavy (non-hydrogen) atoms. The second-order valence-corrected chi connectivity index (χ2v) is 8.43. The zero-order valence-corrected chi connectivity index (χ0v) is 17.9. The minimum absolute atomic E-state index is 0.0892. The van der Waals surface area contributed by atoms with Crippen LogP contribution in [-0.2, 0) is 9.59 Å². The van der Waals surface area contributed by atoms with Gasteiger partial charge in [-0.05, 0) is 38.1 Å². The van der Waals surface area contributed by atoms with Gasteiger partial charge in [0.25, 0.3) is 5.69 Å². The summed E-state index contributed by atoms with van der Waals surface area (Å²) in [6.45, 7) is 7.86. The molecule has 2 aromatic rings. The van der Waals surface area contributed by atoms with Crippen LogP contribution in [0.15, 0.2) is 42.5 Å². The lowest BCUT2D eigenvalue weighted by Crippen LogP contribution is -2.52. The Morgan fingerprint density at radius 2 is 1.68 bits per heavy atom. The summed E-state index contributed by atoms with van der Waals surface area (Å²) in [4.78, 5) is 41.3. The number of hydrogen-bond donors (Lipinski definition) is 0. The van der Waals surface area contributed by atoms with E-state index in [4.69, 9.17) is 0 Å². The first-order chi connectivity index (χ1) is 14.8. The molecule has 0 spiro atoms. The van der Waals surface area contributed by atoms with Gasteiger partial charge in [-0.1, -0.05) is 24.6 Å². The van der Waals surface area contributed by atoms with Crippen molar-refractivity contribution in [2.24, 2.45) is 5.92 Å². The van der Waals surface area contributed by atoms with E-state index in [9.17, 15) is 19.7 Å². The number of rotatable bonds is 4. The quantitative estimate of drug-likeness (QED) is 0.426. The zero-order valence-electron chi connectivity index (χ0n) is 17.9. The summed E-state index contributed by atoms with van der Waals surface area (Å²) in [5.41, 5.74) is 3.03. The number of carbonyl (C=O) groups is 2. The maximum Gasteiger partial charge on any atom is 0.294 e. The monoisotopic (exact) mass is 422 g/mol. The molecule has 0 bridgehead atoms. The number of carbonyl (C=O) groups excluding carboxylic acids is 2. The Balaban J connectivity index is 1.58. The van der Waals surface area contributed by atoms with Crippen molar-refractivity contribution in [3.8, 4) is 0 Å². The fraction of sp³-hybridized carbons (Fsp3) is 0.391. The Morgan fingerprint density at radius 3 is 2.26 bits per heavy atom. The summed E-state index contributed by atoms with van der Waals surface area (Å²) in [6.07, 6.45) is 0.132. The van der Waals surface area contributed by atoms with Crippen LogP contribution < -0.4 is 14.7 Å². The van der Waals surface area contributed by atoms with Crippen molar-refractivity contribution in [3.05, 3.63) is 58.1 Å². The number of hydrogen-bond acceptors (Lipinski definition) is 6. The van der Waals surface area contributed by atoms with Crippen molar-refractivity contribution in [2.75, 3.05) is 34.3 Å². The number of piperazine rings is 1. The fourth-order valence-corrected chi connectivity index (χ4v) is 4.42. The van der Waals surface area contributed by atoms with Crippen molar-refractivity contribution in [1.29, 1.82) is 0 Å². The van der Waals surface area contributed by atoms with E-state index in [1.54, 1.807) is 19.1 Å². The predicted molar refractivity (Wildman–Crippen MR) is 120 cm³/mol. The molecule has 8 nitrogen and oxygen atoms in total. The van der Waals surface area contributed by atoms with Crippen LogP contribution in [0.1, 0.15) is 25.8 Å². The Bertz CT molecular complexity index is 1040. The van der Waals surface area contributed by atoms with E-state index in [0.717, 1.165) is 17.1 Å². The highest BCUT2D eigenvalue weighted by Gasteiger charge is 2.38. The molecule has 2 aromatic carbocycles. The molecule has 2 heterocycles. The fourth-order valence-electron chi connectivity index (χ4n) is 4.42. The average Bonchev–Trinajstić information content (AvgIpc) is 2.99. The normalized spacial score (nSPS) is 21.7. The molecule has 2 aliphatic rings. The summed E-state index contributed by atoms with van der Waals surface area (Å²) in [5.74, 6) is -1.03. The topological polar surface area (TPSA) is 87.0 Å². The summed E-state index contributed by atoms with van der Waals surface area (Å²) >= 11 is 0. The average molecular weight is 422 g/mol. The largest absolute Gasteiger partial charge is 0.365 e. The molecule has 0 aromatic heterocycles. The number of nitro groups is 1. The first kappa shape index (κ1) is 20.8. The van der Waals surface area contributed by atoms with E-state index < -0.39 is 10.8 Å². The Hall–Kier alpha value is -3.42. The van der Waals surface area contributed by atoms with E-state index in [2.05, 4.69) is 43.0 Å². The van der Waals surface area contributed by atoms with Gasteiger partial charge >= 0.3 is 0 Å². The van der Waals surface area contributed by atoms with E-state index in [1.165, 1.54) is 11.6 Å². The molecule has 2 fully saturated rings. The third-order valence-corrected chi connectivity index (χ3v) is 6.12. The molecular formula is C23H26N4O4. The van der Waals surface area contributed by atoms with E-state index in [0.29, 0.717) is 18.8 Å².